The molecular formula is C25H38N4O3. The Morgan fingerprint density at radius 3 is 2.88 bits per heavy atom. The number of likely N-dealkylation sites (tertiary alicyclic amines) is 1. The zero-order valence-corrected chi connectivity index (χ0v) is 19.6. The lowest BCUT2D eigenvalue weighted by molar-refractivity contribution is -0.127. The second-order valence-corrected chi connectivity index (χ2v) is 10.0. The minimum Gasteiger partial charge on any atom is -0.493 e. The molecule has 0 aromatic heterocycles. The number of benzene rings is 1. The Bertz CT molecular complexity index is 812. The van der Waals surface area contributed by atoms with Gasteiger partial charge in [0.15, 0.2) is 0 Å². The molecule has 2 atom stereocenters. The molecule has 7 nitrogen and oxygen atoms in total. The first-order chi connectivity index (χ1) is 15.5. The largest absolute Gasteiger partial charge is 0.493 e. The van der Waals surface area contributed by atoms with E-state index in [0.717, 1.165) is 38.2 Å². The molecule has 2 saturated heterocycles. The molecule has 2 aliphatic heterocycles. The van der Waals surface area contributed by atoms with Gasteiger partial charge in [0.25, 0.3) is 0 Å². The van der Waals surface area contributed by atoms with Gasteiger partial charge in [0.05, 0.1) is 12.5 Å². The Kier molecular flexibility index (Phi) is 7.55. The summed E-state index contributed by atoms with van der Waals surface area (Å²) < 4.78 is 6.20. The fourth-order valence-electron chi connectivity index (χ4n) is 5.31. The monoisotopic (exact) mass is 442 g/mol. The van der Waals surface area contributed by atoms with Crippen molar-refractivity contribution in [2.45, 2.75) is 39.5 Å². The summed E-state index contributed by atoms with van der Waals surface area (Å²) in [6, 6.07) is 6.47. The van der Waals surface area contributed by atoms with Gasteiger partial charge in [0.1, 0.15) is 5.75 Å². The number of urea groups is 1. The minimum absolute atomic E-state index is 0.0382. The Morgan fingerprint density at radius 2 is 2.09 bits per heavy atom. The highest BCUT2D eigenvalue weighted by molar-refractivity contribution is 5.79. The van der Waals surface area contributed by atoms with Crippen molar-refractivity contribution in [2.24, 2.45) is 17.8 Å². The molecule has 2 fully saturated rings. The molecular weight excluding hydrogens is 404 g/mol. The Labute approximate surface area is 191 Å². The average molecular weight is 443 g/mol. The van der Waals surface area contributed by atoms with Crippen molar-refractivity contribution in [3.05, 3.63) is 29.3 Å². The molecule has 3 amide bonds. The average Bonchev–Trinajstić information content (AvgIpc) is 3.40. The maximum Gasteiger partial charge on any atom is 0.317 e. The number of amides is 3. The van der Waals surface area contributed by atoms with E-state index in [4.69, 9.17) is 4.74 Å². The number of carbonyl (C=O) groups is 2. The predicted molar refractivity (Wildman–Crippen MR) is 125 cm³/mol. The maximum atomic E-state index is 12.9. The Hall–Kier alpha value is -2.28. The van der Waals surface area contributed by atoms with E-state index in [1.807, 2.05) is 0 Å². The molecule has 1 aromatic carbocycles. The van der Waals surface area contributed by atoms with Crippen molar-refractivity contribution >= 4 is 11.9 Å². The van der Waals surface area contributed by atoms with Crippen LogP contribution < -0.4 is 15.4 Å². The molecule has 0 bridgehead atoms. The molecule has 1 aliphatic carbocycles. The number of hydrogen-bond acceptors (Lipinski definition) is 4. The van der Waals surface area contributed by atoms with Gasteiger partial charge >= 0.3 is 6.03 Å². The number of nitrogens with zero attached hydrogens (tertiary/aromatic N) is 2. The van der Waals surface area contributed by atoms with Crippen molar-refractivity contribution in [3.63, 3.8) is 0 Å². The first-order valence-electron chi connectivity index (χ1n) is 12.3. The van der Waals surface area contributed by atoms with Gasteiger partial charge in [-0.1, -0.05) is 19.9 Å². The van der Waals surface area contributed by atoms with Crippen molar-refractivity contribution in [3.8, 4) is 5.75 Å². The fourth-order valence-corrected chi connectivity index (χ4v) is 5.31. The third kappa shape index (κ3) is 5.94. The predicted octanol–water partition coefficient (Wildman–Crippen LogP) is 2.29. The van der Waals surface area contributed by atoms with Crippen LogP contribution in [-0.2, 0) is 17.6 Å². The summed E-state index contributed by atoms with van der Waals surface area (Å²) in [5.41, 5.74) is 2.89. The van der Waals surface area contributed by atoms with Crippen molar-refractivity contribution < 1.29 is 14.3 Å². The smallest absolute Gasteiger partial charge is 0.317 e. The van der Waals surface area contributed by atoms with Gasteiger partial charge in [-0.3, -0.25) is 4.79 Å². The third-order valence-electron chi connectivity index (χ3n) is 6.79. The zero-order valence-electron chi connectivity index (χ0n) is 19.6. The number of hydrogen-bond donors (Lipinski definition) is 2. The van der Waals surface area contributed by atoms with Gasteiger partial charge in [-0.05, 0) is 54.9 Å². The van der Waals surface area contributed by atoms with E-state index in [0.29, 0.717) is 44.6 Å². The first kappa shape index (κ1) is 22.9. The van der Waals surface area contributed by atoms with E-state index in [-0.39, 0.29) is 17.9 Å². The van der Waals surface area contributed by atoms with Gasteiger partial charge < -0.3 is 25.2 Å². The van der Waals surface area contributed by atoms with E-state index in [1.165, 1.54) is 24.0 Å². The second kappa shape index (κ2) is 10.6. The quantitative estimate of drug-likeness (QED) is 0.615. The normalized spacial score (nSPS) is 23.3. The lowest BCUT2D eigenvalue weighted by Crippen LogP contribution is -2.49. The SMILES string of the molecule is CC(C)CN1C[C@@H](COc2ccc3c(c2)CCC3)C[C@@H](C(=O)NCCN2CCNC2=O)C1. The minimum atomic E-state index is -0.0384. The zero-order chi connectivity index (χ0) is 22.5. The highest BCUT2D eigenvalue weighted by atomic mass is 16.5. The van der Waals surface area contributed by atoms with Crippen LogP contribution in [0.3, 0.4) is 0 Å². The van der Waals surface area contributed by atoms with Crippen LogP contribution in [0.2, 0.25) is 0 Å². The summed E-state index contributed by atoms with van der Waals surface area (Å²) in [4.78, 5) is 28.8. The van der Waals surface area contributed by atoms with E-state index in [1.54, 1.807) is 4.90 Å². The molecule has 2 heterocycles. The van der Waals surface area contributed by atoms with E-state index in [2.05, 4.69) is 47.6 Å². The van der Waals surface area contributed by atoms with Gasteiger partial charge in [0.2, 0.25) is 5.91 Å². The number of nitrogens with one attached hydrogen (secondary N) is 2. The topological polar surface area (TPSA) is 73.9 Å². The third-order valence-corrected chi connectivity index (χ3v) is 6.79. The molecule has 1 aromatic rings. The van der Waals surface area contributed by atoms with Gasteiger partial charge in [-0.25, -0.2) is 4.79 Å². The number of rotatable bonds is 9. The van der Waals surface area contributed by atoms with E-state index < -0.39 is 0 Å². The van der Waals surface area contributed by atoms with Crippen LogP contribution in [0, 0.1) is 17.8 Å². The number of aryl methyl sites for hydroxylation is 2. The maximum absolute atomic E-state index is 12.9. The van der Waals surface area contributed by atoms with Crippen LogP contribution in [-0.4, -0.2) is 74.2 Å². The number of ether oxygens (including phenoxy) is 1. The fraction of sp³-hybridized carbons (Fsp3) is 0.680. The standard InChI is InChI=1S/C25H38N4O3/c1-18(2)14-28-15-19(17-32-23-7-6-20-4-3-5-21(20)13-23)12-22(16-28)24(30)26-8-10-29-11-9-27-25(29)31/h6-7,13,18-19,22H,3-5,8-12,14-17H2,1-2H3,(H,26,30)(H,27,31)/t19-,22+/m0/s1. The van der Waals surface area contributed by atoms with E-state index >= 15 is 0 Å². The summed E-state index contributed by atoms with van der Waals surface area (Å²) in [6.07, 6.45) is 4.42. The van der Waals surface area contributed by atoms with Crippen LogP contribution in [0.5, 0.6) is 5.75 Å². The van der Waals surface area contributed by atoms with Crippen LogP contribution >= 0.6 is 0 Å². The summed E-state index contributed by atoms with van der Waals surface area (Å²) in [5.74, 6) is 1.90. The highest BCUT2D eigenvalue weighted by Gasteiger charge is 2.32. The molecule has 4 rings (SSSR count). The summed E-state index contributed by atoms with van der Waals surface area (Å²) >= 11 is 0. The summed E-state index contributed by atoms with van der Waals surface area (Å²) in [5, 5.41) is 5.86. The molecule has 2 N–H and O–H groups in total. The lowest BCUT2D eigenvalue weighted by Gasteiger charge is -2.38. The van der Waals surface area contributed by atoms with Crippen LogP contribution in [0.15, 0.2) is 18.2 Å². The molecule has 32 heavy (non-hydrogen) atoms. The van der Waals surface area contributed by atoms with Crippen LogP contribution in [0.4, 0.5) is 4.79 Å². The van der Waals surface area contributed by atoms with Crippen molar-refractivity contribution in [1.82, 2.24) is 20.4 Å². The van der Waals surface area contributed by atoms with Gasteiger partial charge in [-0.15, -0.1) is 0 Å². The van der Waals surface area contributed by atoms with Crippen molar-refractivity contribution in [1.29, 1.82) is 0 Å². The molecule has 0 unspecified atom stereocenters. The molecule has 176 valence electrons. The molecule has 0 saturated carbocycles. The van der Waals surface area contributed by atoms with Gasteiger partial charge in [-0.2, -0.15) is 0 Å². The van der Waals surface area contributed by atoms with Crippen LogP contribution in [0.25, 0.3) is 0 Å². The number of piperidine rings is 1. The second-order valence-electron chi connectivity index (χ2n) is 10.0. The van der Waals surface area contributed by atoms with Crippen LogP contribution in [0.1, 0.15) is 37.8 Å². The lowest BCUT2D eigenvalue weighted by atomic mass is 9.88. The molecule has 0 radical (unpaired) electrons. The molecule has 0 spiro atoms. The first-order valence-corrected chi connectivity index (χ1v) is 12.3. The highest BCUT2D eigenvalue weighted by Crippen LogP contribution is 2.28. The molecule has 3 aliphatic rings. The van der Waals surface area contributed by atoms with Crippen molar-refractivity contribution in [2.75, 3.05) is 52.4 Å². The Balaban J connectivity index is 1.30. The number of carbonyl (C=O) groups excluding carboxylic acids is 2. The number of fused-ring (bicyclic) bond motifs is 1. The van der Waals surface area contributed by atoms with E-state index in [9.17, 15) is 9.59 Å². The summed E-state index contributed by atoms with van der Waals surface area (Å²) in [6.45, 7) is 10.3. The van der Waals surface area contributed by atoms with Gasteiger partial charge in [0, 0.05) is 51.7 Å². The summed E-state index contributed by atoms with van der Waals surface area (Å²) in [7, 11) is 0. The molecule has 7 heteroatoms. The Morgan fingerprint density at radius 1 is 1.25 bits per heavy atom.